The molecule has 1 atom stereocenters. The molecule has 24 heavy (non-hydrogen) atoms. The lowest BCUT2D eigenvalue weighted by Crippen LogP contribution is -2.26. The van der Waals surface area contributed by atoms with Crippen molar-refractivity contribution in [2.24, 2.45) is 0 Å². The van der Waals surface area contributed by atoms with Gasteiger partial charge in [-0.05, 0) is 37.3 Å². The second kappa shape index (κ2) is 7.53. The maximum Gasteiger partial charge on any atom is 0.252 e. The van der Waals surface area contributed by atoms with E-state index in [0.717, 1.165) is 31.1 Å². The van der Waals surface area contributed by atoms with E-state index in [1.54, 1.807) is 12.3 Å². The van der Waals surface area contributed by atoms with E-state index in [-0.39, 0.29) is 12.0 Å². The van der Waals surface area contributed by atoms with Crippen LogP contribution >= 0.6 is 11.6 Å². The number of anilines is 1. The van der Waals surface area contributed by atoms with Crippen molar-refractivity contribution < 1.29 is 9.53 Å². The lowest BCUT2D eigenvalue weighted by Gasteiger charge is -2.18. The van der Waals surface area contributed by atoms with Gasteiger partial charge in [-0.2, -0.15) is 0 Å². The largest absolute Gasteiger partial charge is 0.488 e. The van der Waals surface area contributed by atoms with Gasteiger partial charge in [-0.1, -0.05) is 17.7 Å². The number of aromatic nitrogens is 1. The summed E-state index contributed by atoms with van der Waals surface area (Å²) in [5.74, 6) is 1.55. The molecule has 126 valence electrons. The maximum atomic E-state index is 11.8. The molecule has 1 aliphatic rings. The number of benzene rings is 1. The zero-order valence-corrected chi connectivity index (χ0v) is 14.3. The van der Waals surface area contributed by atoms with E-state index < -0.39 is 0 Å². The number of ether oxygens (including phenoxy) is 1. The summed E-state index contributed by atoms with van der Waals surface area (Å²) in [6.45, 7) is 4.14. The zero-order chi connectivity index (χ0) is 16.9. The van der Waals surface area contributed by atoms with Crippen LogP contribution in [-0.4, -0.2) is 36.6 Å². The average molecular weight is 346 g/mol. The molecule has 1 unspecified atom stereocenters. The molecule has 1 aromatic carbocycles. The van der Waals surface area contributed by atoms with E-state index >= 15 is 0 Å². The molecule has 1 aliphatic heterocycles. The highest BCUT2D eigenvalue weighted by atomic mass is 35.5. The van der Waals surface area contributed by atoms with Gasteiger partial charge in [0.05, 0.1) is 12.1 Å². The summed E-state index contributed by atoms with van der Waals surface area (Å²) in [6.07, 6.45) is 2.64. The number of hydrogen-bond donors (Lipinski definition) is 1. The van der Waals surface area contributed by atoms with Crippen LogP contribution < -0.4 is 15.0 Å². The summed E-state index contributed by atoms with van der Waals surface area (Å²) in [5, 5.41) is 3.44. The van der Waals surface area contributed by atoms with Crippen LogP contribution in [0, 0.1) is 0 Å². The summed E-state index contributed by atoms with van der Waals surface area (Å²) in [7, 11) is 0. The lowest BCUT2D eigenvalue weighted by atomic mass is 10.2. The van der Waals surface area contributed by atoms with Crippen LogP contribution in [0.1, 0.15) is 23.7 Å². The Morgan fingerprint density at radius 3 is 3.00 bits per heavy atom. The second-order valence-electron chi connectivity index (χ2n) is 5.70. The molecule has 0 bridgehead atoms. The number of amides is 1. The molecule has 0 spiro atoms. The van der Waals surface area contributed by atoms with Crippen molar-refractivity contribution in [1.82, 2.24) is 10.3 Å². The number of nitrogens with one attached hydrogen (secondary N) is 1. The van der Waals surface area contributed by atoms with Crippen LogP contribution in [0.5, 0.6) is 5.75 Å². The Balaban J connectivity index is 1.60. The molecule has 1 saturated heterocycles. The van der Waals surface area contributed by atoms with Crippen LogP contribution in [0.25, 0.3) is 0 Å². The highest BCUT2D eigenvalue weighted by molar-refractivity contribution is 6.30. The van der Waals surface area contributed by atoms with Crippen LogP contribution in [-0.2, 0) is 0 Å². The number of carbonyl (C=O) groups is 1. The molecule has 2 heterocycles. The molecule has 1 amide bonds. The fraction of sp³-hybridized carbons (Fsp3) is 0.333. The molecule has 5 nitrogen and oxygen atoms in total. The van der Waals surface area contributed by atoms with Gasteiger partial charge in [0.1, 0.15) is 17.7 Å². The third-order valence-corrected chi connectivity index (χ3v) is 4.15. The molecule has 0 radical (unpaired) electrons. The Morgan fingerprint density at radius 1 is 1.42 bits per heavy atom. The van der Waals surface area contributed by atoms with E-state index in [9.17, 15) is 4.79 Å². The van der Waals surface area contributed by atoms with Crippen LogP contribution in [0.4, 0.5) is 5.82 Å². The van der Waals surface area contributed by atoms with Gasteiger partial charge >= 0.3 is 0 Å². The van der Waals surface area contributed by atoms with E-state index in [2.05, 4.69) is 15.2 Å². The van der Waals surface area contributed by atoms with E-state index in [1.807, 2.05) is 37.3 Å². The Morgan fingerprint density at radius 2 is 2.29 bits per heavy atom. The van der Waals surface area contributed by atoms with Crippen molar-refractivity contribution in [2.45, 2.75) is 19.4 Å². The van der Waals surface area contributed by atoms with Crippen molar-refractivity contribution in [1.29, 1.82) is 0 Å². The third-order valence-electron chi connectivity index (χ3n) is 3.92. The molecular weight excluding hydrogens is 326 g/mol. The van der Waals surface area contributed by atoms with Gasteiger partial charge in [-0.3, -0.25) is 4.79 Å². The van der Waals surface area contributed by atoms with Crippen molar-refractivity contribution in [3.05, 3.63) is 53.2 Å². The molecule has 1 N–H and O–H groups in total. The number of halogens is 1. The molecule has 1 fully saturated rings. The average Bonchev–Trinajstić information content (AvgIpc) is 3.04. The number of rotatable bonds is 5. The maximum absolute atomic E-state index is 11.8. The molecule has 6 heteroatoms. The third kappa shape index (κ3) is 3.97. The quantitative estimate of drug-likeness (QED) is 0.904. The summed E-state index contributed by atoms with van der Waals surface area (Å²) in [5.41, 5.74) is 0.575. The van der Waals surface area contributed by atoms with Gasteiger partial charge in [0.15, 0.2) is 0 Å². The van der Waals surface area contributed by atoms with E-state index in [1.165, 1.54) is 0 Å². The predicted molar refractivity (Wildman–Crippen MR) is 94.9 cm³/mol. The van der Waals surface area contributed by atoms with Gasteiger partial charge in [0.2, 0.25) is 0 Å². The smallest absolute Gasteiger partial charge is 0.252 e. The minimum absolute atomic E-state index is 0.0971. The molecule has 2 aromatic rings. The van der Waals surface area contributed by atoms with Crippen molar-refractivity contribution >= 4 is 23.3 Å². The fourth-order valence-electron chi connectivity index (χ4n) is 2.74. The Hall–Kier alpha value is -2.27. The summed E-state index contributed by atoms with van der Waals surface area (Å²) in [6, 6.07) is 11.1. The summed E-state index contributed by atoms with van der Waals surface area (Å²) in [4.78, 5) is 18.3. The van der Waals surface area contributed by atoms with Gasteiger partial charge in [-0.25, -0.2) is 4.98 Å². The first-order valence-corrected chi connectivity index (χ1v) is 8.45. The lowest BCUT2D eigenvalue weighted by molar-refractivity contribution is 0.0955. The molecule has 3 rings (SSSR count). The number of nitrogens with zero attached hydrogens (tertiary/aromatic N) is 2. The first-order valence-electron chi connectivity index (χ1n) is 8.07. The number of hydrogen-bond acceptors (Lipinski definition) is 4. The zero-order valence-electron chi connectivity index (χ0n) is 13.5. The molecular formula is C18H20ClN3O2. The highest BCUT2D eigenvalue weighted by Crippen LogP contribution is 2.24. The van der Waals surface area contributed by atoms with Crippen molar-refractivity contribution in [3.63, 3.8) is 0 Å². The Kier molecular flexibility index (Phi) is 5.20. The van der Waals surface area contributed by atoms with E-state index in [0.29, 0.717) is 17.1 Å². The van der Waals surface area contributed by atoms with Gasteiger partial charge < -0.3 is 15.0 Å². The molecule has 0 saturated carbocycles. The van der Waals surface area contributed by atoms with Gasteiger partial charge in [0, 0.05) is 30.7 Å². The normalized spacial score (nSPS) is 16.9. The minimum atomic E-state index is -0.0971. The molecule has 0 aliphatic carbocycles. The first kappa shape index (κ1) is 16.6. The van der Waals surface area contributed by atoms with Crippen molar-refractivity contribution in [2.75, 3.05) is 24.5 Å². The first-order chi connectivity index (χ1) is 11.7. The van der Waals surface area contributed by atoms with Gasteiger partial charge in [-0.15, -0.1) is 0 Å². The fourth-order valence-corrected chi connectivity index (χ4v) is 2.92. The standard InChI is InChI=1S/C18H20ClN3O2/c1-2-20-18(23)13-6-7-17(21-11-13)22-9-8-16(12-22)24-15-5-3-4-14(19)10-15/h3-7,10-11,16H,2,8-9,12H2,1H3,(H,20,23). The second-order valence-corrected chi connectivity index (χ2v) is 6.13. The van der Waals surface area contributed by atoms with Crippen LogP contribution in [0.15, 0.2) is 42.6 Å². The predicted octanol–water partition coefficient (Wildman–Crippen LogP) is 3.14. The number of pyridine rings is 1. The summed E-state index contributed by atoms with van der Waals surface area (Å²) >= 11 is 5.98. The minimum Gasteiger partial charge on any atom is -0.488 e. The monoisotopic (exact) mass is 345 g/mol. The highest BCUT2D eigenvalue weighted by Gasteiger charge is 2.25. The van der Waals surface area contributed by atoms with E-state index in [4.69, 9.17) is 16.3 Å². The van der Waals surface area contributed by atoms with Crippen LogP contribution in [0.3, 0.4) is 0 Å². The molecule has 1 aromatic heterocycles. The van der Waals surface area contributed by atoms with Crippen LogP contribution in [0.2, 0.25) is 5.02 Å². The SMILES string of the molecule is CCNC(=O)c1ccc(N2CCC(Oc3cccc(Cl)c3)C2)nc1. The van der Waals surface area contributed by atoms with Gasteiger partial charge in [0.25, 0.3) is 5.91 Å². The Labute approximate surface area is 146 Å². The topological polar surface area (TPSA) is 54.5 Å². The summed E-state index contributed by atoms with van der Waals surface area (Å²) < 4.78 is 5.98. The number of carbonyl (C=O) groups excluding carboxylic acids is 1. The van der Waals surface area contributed by atoms with Crippen molar-refractivity contribution in [3.8, 4) is 5.75 Å². The Bertz CT molecular complexity index is 706.